The molecule has 2 aromatic rings. The summed E-state index contributed by atoms with van der Waals surface area (Å²) in [6.07, 6.45) is 1.18. The lowest BCUT2D eigenvalue weighted by Crippen LogP contribution is -2.54. The zero-order valence-electron chi connectivity index (χ0n) is 17.3. The summed E-state index contributed by atoms with van der Waals surface area (Å²) in [5.41, 5.74) is -0.275. The summed E-state index contributed by atoms with van der Waals surface area (Å²) >= 11 is 0. The van der Waals surface area contributed by atoms with Crippen molar-refractivity contribution in [1.29, 1.82) is 0 Å². The number of carbonyl (C=O) groups is 2. The second-order valence-corrected chi connectivity index (χ2v) is 7.84. The molecule has 3 amide bonds. The van der Waals surface area contributed by atoms with Crippen LogP contribution in [0.2, 0.25) is 0 Å². The van der Waals surface area contributed by atoms with E-state index in [1.807, 2.05) is 36.4 Å². The predicted molar refractivity (Wildman–Crippen MR) is 112 cm³/mol. The lowest BCUT2D eigenvalue weighted by molar-refractivity contribution is -0.135. The summed E-state index contributed by atoms with van der Waals surface area (Å²) in [5.74, 6) is 0.575. The Morgan fingerprint density at radius 3 is 2.72 bits per heavy atom. The number of urea groups is 1. The number of rotatable bonds is 5. The van der Waals surface area contributed by atoms with Crippen LogP contribution >= 0.6 is 0 Å². The highest BCUT2D eigenvalue weighted by Gasteiger charge is 2.37. The summed E-state index contributed by atoms with van der Waals surface area (Å²) < 4.78 is 5.48. The molecule has 1 aliphatic heterocycles. The fourth-order valence-electron chi connectivity index (χ4n) is 3.83. The van der Waals surface area contributed by atoms with Gasteiger partial charge in [0.2, 0.25) is 5.91 Å². The Hall–Kier alpha value is -2.80. The van der Waals surface area contributed by atoms with Gasteiger partial charge in [0.15, 0.2) is 0 Å². The molecule has 2 N–H and O–H groups in total. The van der Waals surface area contributed by atoms with E-state index in [1.54, 1.807) is 26.1 Å². The van der Waals surface area contributed by atoms with Crippen molar-refractivity contribution in [2.24, 2.45) is 0 Å². The first-order valence-corrected chi connectivity index (χ1v) is 9.83. The summed E-state index contributed by atoms with van der Waals surface area (Å²) in [7, 11) is 4.94. The standard InChI is InChI=1S/C22H29N3O4/c1-24(2)20(26)13-22(28)11-6-12-25(15-22)21(27)23-14-18-17-8-5-4-7-16(17)9-10-19(18)29-3/h4-5,7-10,28H,6,11-15H2,1-3H3,(H,23,27). The lowest BCUT2D eigenvalue weighted by Gasteiger charge is -2.39. The number of hydrogen-bond acceptors (Lipinski definition) is 4. The van der Waals surface area contributed by atoms with Gasteiger partial charge in [0.25, 0.3) is 0 Å². The van der Waals surface area contributed by atoms with E-state index >= 15 is 0 Å². The van der Waals surface area contributed by atoms with E-state index in [2.05, 4.69) is 5.32 Å². The fourth-order valence-corrected chi connectivity index (χ4v) is 3.83. The van der Waals surface area contributed by atoms with E-state index < -0.39 is 5.60 Å². The highest BCUT2D eigenvalue weighted by molar-refractivity contribution is 5.88. The number of ether oxygens (including phenoxy) is 1. The number of nitrogens with one attached hydrogen (secondary N) is 1. The van der Waals surface area contributed by atoms with E-state index in [-0.39, 0.29) is 24.9 Å². The van der Waals surface area contributed by atoms with E-state index in [4.69, 9.17) is 4.74 Å². The van der Waals surface area contributed by atoms with Gasteiger partial charge in [-0.2, -0.15) is 0 Å². The maximum absolute atomic E-state index is 12.8. The van der Waals surface area contributed by atoms with Gasteiger partial charge in [-0.25, -0.2) is 4.79 Å². The second-order valence-electron chi connectivity index (χ2n) is 7.84. The van der Waals surface area contributed by atoms with Crippen LogP contribution in [0.15, 0.2) is 36.4 Å². The van der Waals surface area contributed by atoms with Crippen molar-refractivity contribution in [3.63, 3.8) is 0 Å². The Morgan fingerprint density at radius 1 is 1.24 bits per heavy atom. The van der Waals surface area contributed by atoms with E-state index in [9.17, 15) is 14.7 Å². The monoisotopic (exact) mass is 399 g/mol. The molecule has 1 atom stereocenters. The number of methoxy groups -OCH3 is 1. The first kappa shape index (κ1) is 20.9. The summed E-state index contributed by atoms with van der Waals surface area (Å²) in [6, 6.07) is 11.6. The molecule has 0 aromatic heterocycles. The van der Waals surface area contributed by atoms with Crippen LogP contribution in [0.3, 0.4) is 0 Å². The maximum atomic E-state index is 12.8. The van der Waals surface area contributed by atoms with Crippen LogP contribution in [0, 0.1) is 0 Å². The molecule has 1 saturated heterocycles. The van der Waals surface area contributed by atoms with E-state index in [0.29, 0.717) is 25.9 Å². The molecule has 7 nitrogen and oxygen atoms in total. The number of piperidine rings is 1. The fraction of sp³-hybridized carbons (Fsp3) is 0.455. The normalized spacial score (nSPS) is 19.1. The molecule has 1 unspecified atom stereocenters. The van der Waals surface area contributed by atoms with Crippen molar-refractivity contribution in [3.8, 4) is 5.75 Å². The van der Waals surface area contributed by atoms with Crippen LogP contribution in [0.1, 0.15) is 24.8 Å². The van der Waals surface area contributed by atoms with Crippen molar-refractivity contribution in [3.05, 3.63) is 42.0 Å². The number of hydrogen-bond donors (Lipinski definition) is 2. The van der Waals surface area contributed by atoms with Crippen molar-refractivity contribution < 1.29 is 19.4 Å². The van der Waals surface area contributed by atoms with Gasteiger partial charge in [0, 0.05) is 32.7 Å². The molecule has 29 heavy (non-hydrogen) atoms. The molecule has 0 bridgehead atoms. The number of nitrogens with zero attached hydrogens (tertiary/aromatic N) is 2. The number of likely N-dealkylation sites (tertiary alicyclic amines) is 1. The molecule has 2 aromatic carbocycles. The lowest BCUT2D eigenvalue weighted by atomic mass is 9.89. The summed E-state index contributed by atoms with van der Waals surface area (Å²) in [6.45, 7) is 1.01. The zero-order valence-corrected chi connectivity index (χ0v) is 17.3. The number of aliphatic hydroxyl groups is 1. The molecule has 0 saturated carbocycles. The Kier molecular flexibility index (Phi) is 6.27. The van der Waals surface area contributed by atoms with Gasteiger partial charge in [-0.15, -0.1) is 0 Å². The van der Waals surface area contributed by atoms with Gasteiger partial charge in [-0.1, -0.05) is 30.3 Å². The molecular weight excluding hydrogens is 370 g/mol. The molecular formula is C22H29N3O4. The topological polar surface area (TPSA) is 82.1 Å². The first-order chi connectivity index (χ1) is 13.8. The molecule has 0 aliphatic carbocycles. The van der Waals surface area contributed by atoms with Crippen LogP contribution in [0.4, 0.5) is 4.79 Å². The van der Waals surface area contributed by atoms with Gasteiger partial charge in [-0.05, 0) is 29.7 Å². The number of benzene rings is 2. The highest BCUT2D eigenvalue weighted by Crippen LogP contribution is 2.28. The van der Waals surface area contributed by atoms with Crippen LogP contribution in [0.25, 0.3) is 10.8 Å². The van der Waals surface area contributed by atoms with Gasteiger partial charge < -0.3 is 25.0 Å². The molecule has 0 spiro atoms. The zero-order chi connectivity index (χ0) is 21.0. The molecule has 1 heterocycles. The molecule has 0 radical (unpaired) electrons. The third-order valence-electron chi connectivity index (χ3n) is 5.46. The molecule has 7 heteroatoms. The van der Waals surface area contributed by atoms with Gasteiger partial charge in [0.1, 0.15) is 5.75 Å². The minimum absolute atomic E-state index is 0.0148. The SMILES string of the molecule is COc1ccc2ccccc2c1CNC(=O)N1CCCC(O)(CC(=O)N(C)C)C1. The number of fused-ring (bicyclic) bond motifs is 1. The number of carbonyl (C=O) groups excluding carboxylic acids is 2. The Balaban J connectivity index is 1.70. The van der Waals surface area contributed by atoms with Crippen molar-refractivity contribution in [1.82, 2.24) is 15.1 Å². The van der Waals surface area contributed by atoms with Crippen LogP contribution < -0.4 is 10.1 Å². The number of amides is 3. The minimum Gasteiger partial charge on any atom is -0.496 e. The third-order valence-corrected chi connectivity index (χ3v) is 5.46. The average molecular weight is 399 g/mol. The van der Waals surface area contributed by atoms with Gasteiger partial charge >= 0.3 is 6.03 Å². The third kappa shape index (κ3) is 4.79. The summed E-state index contributed by atoms with van der Waals surface area (Å²) in [4.78, 5) is 27.9. The van der Waals surface area contributed by atoms with Crippen molar-refractivity contribution in [2.45, 2.75) is 31.4 Å². The highest BCUT2D eigenvalue weighted by atomic mass is 16.5. The molecule has 1 fully saturated rings. The quantitative estimate of drug-likeness (QED) is 0.809. The number of β-amino-alcohol motifs (C(OH)–C–C–N with tert-alkyl or cyclic N) is 1. The first-order valence-electron chi connectivity index (χ1n) is 9.83. The van der Waals surface area contributed by atoms with Crippen LogP contribution in [-0.2, 0) is 11.3 Å². The molecule has 3 rings (SSSR count). The minimum atomic E-state index is -1.19. The van der Waals surface area contributed by atoms with Gasteiger partial charge in [-0.3, -0.25) is 4.79 Å². The largest absolute Gasteiger partial charge is 0.496 e. The summed E-state index contributed by atoms with van der Waals surface area (Å²) in [5, 5.41) is 15.9. The molecule has 1 aliphatic rings. The Bertz CT molecular complexity index is 899. The Labute approximate surface area is 171 Å². The van der Waals surface area contributed by atoms with Crippen LogP contribution in [0.5, 0.6) is 5.75 Å². The van der Waals surface area contributed by atoms with Crippen LogP contribution in [-0.4, -0.2) is 66.7 Å². The average Bonchev–Trinajstić information content (AvgIpc) is 2.71. The molecule has 156 valence electrons. The second kappa shape index (κ2) is 8.69. The smallest absolute Gasteiger partial charge is 0.317 e. The Morgan fingerprint density at radius 2 is 2.00 bits per heavy atom. The van der Waals surface area contributed by atoms with Crippen molar-refractivity contribution >= 4 is 22.7 Å². The van der Waals surface area contributed by atoms with E-state index in [1.165, 1.54) is 4.90 Å². The predicted octanol–water partition coefficient (Wildman–Crippen LogP) is 2.36. The van der Waals surface area contributed by atoms with Crippen molar-refractivity contribution in [2.75, 3.05) is 34.3 Å². The van der Waals surface area contributed by atoms with Gasteiger partial charge in [0.05, 0.1) is 25.7 Å². The van der Waals surface area contributed by atoms with E-state index in [0.717, 1.165) is 22.1 Å². The maximum Gasteiger partial charge on any atom is 0.317 e.